The molecule has 3 heteroatoms. The zero-order valence-electron chi connectivity index (χ0n) is 13.5. The number of allylic oxidation sites excluding steroid dienone is 2. The fourth-order valence-corrected chi connectivity index (χ4v) is 2.32. The zero-order valence-corrected chi connectivity index (χ0v) is 13.5. The molecule has 0 radical (unpaired) electrons. The van der Waals surface area contributed by atoms with Crippen molar-refractivity contribution in [1.29, 1.82) is 5.26 Å². The predicted octanol–water partition coefficient (Wildman–Crippen LogP) is 5.01. The van der Waals surface area contributed by atoms with Gasteiger partial charge in [0.25, 0.3) is 0 Å². The number of nitriles is 1. The van der Waals surface area contributed by atoms with Gasteiger partial charge in [0.05, 0.1) is 6.07 Å². The molecule has 0 aromatic rings. The first kappa shape index (κ1) is 19.7. The lowest BCUT2D eigenvalue weighted by Gasteiger charge is -1.99. The third kappa shape index (κ3) is 18.7. The van der Waals surface area contributed by atoms with Crippen LogP contribution in [0, 0.1) is 11.3 Å². The van der Waals surface area contributed by atoms with Gasteiger partial charge in [-0.1, -0.05) is 50.7 Å². The molecule has 0 aliphatic heterocycles. The molecular formula is C18H32N2O. The molecule has 120 valence electrons. The Bertz CT molecular complexity index is 305. The first-order chi connectivity index (χ1) is 10.3. The van der Waals surface area contributed by atoms with Crippen molar-refractivity contribution >= 4 is 5.91 Å². The van der Waals surface area contributed by atoms with Crippen LogP contribution in [-0.4, -0.2) is 5.91 Å². The van der Waals surface area contributed by atoms with Crippen LogP contribution in [0.4, 0.5) is 0 Å². The summed E-state index contributed by atoms with van der Waals surface area (Å²) in [6.45, 7) is 0. The molecule has 0 fully saturated rings. The minimum absolute atomic E-state index is 0.178. The van der Waals surface area contributed by atoms with Crippen LogP contribution >= 0.6 is 0 Å². The summed E-state index contributed by atoms with van der Waals surface area (Å²) in [5.74, 6) is -0.178. The third-order valence-corrected chi connectivity index (χ3v) is 3.62. The molecule has 0 aliphatic carbocycles. The van der Waals surface area contributed by atoms with Crippen molar-refractivity contribution in [3.8, 4) is 6.07 Å². The fraction of sp³-hybridized carbons (Fsp3) is 0.778. The number of unbranched alkanes of at least 4 members (excludes halogenated alkanes) is 11. The van der Waals surface area contributed by atoms with E-state index in [0.29, 0.717) is 12.8 Å². The molecule has 0 bridgehead atoms. The van der Waals surface area contributed by atoms with Gasteiger partial charge in [0.15, 0.2) is 0 Å². The van der Waals surface area contributed by atoms with Crippen molar-refractivity contribution < 1.29 is 4.79 Å². The van der Waals surface area contributed by atoms with Gasteiger partial charge in [-0.05, 0) is 38.5 Å². The van der Waals surface area contributed by atoms with Crippen molar-refractivity contribution in [1.82, 2.24) is 0 Å². The van der Waals surface area contributed by atoms with Gasteiger partial charge < -0.3 is 5.73 Å². The highest BCUT2D eigenvalue weighted by Crippen LogP contribution is 2.09. The minimum Gasteiger partial charge on any atom is -0.370 e. The Kier molecular flexibility index (Phi) is 15.7. The molecule has 0 aromatic heterocycles. The van der Waals surface area contributed by atoms with Gasteiger partial charge in [0.2, 0.25) is 5.91 Å². The van der Waals surface area contributed by atoms with Crippen molar-refractivity contribution in [3.05, 3.63) is 12.2 Å². The maximum atomic E-state index is 10.5. The monoisotopic (exact) mass is 292 g/mol. The van der Waals surface area contributed by atoms with Crippen LogP contribution < -0.4 is 5.73 Å². The number of hydrogen-bond donors (Lipinski definition) is 1. The molecule has 0 heterocycles. The van der Waals surface area contributed by atoms with Crippen LogP contribution in [-0.2, 0) is 4.79 Å². The Morgan fingerprint density at radius 2 is 1.29 bits per heavy atom. The molecule has 1 amide bonds. The van der Waals surface area contributed by atoms with Crippen LogP contribution in [0.5, 0.6) is 0 Å². The second kappa shape index (κ2) is 16.8. The average Bonchev–Trinajstić information content (AvgIpc) is 2.46. The molecule has 0 spiro atoms. The summed E-state index contributed by atoms with van der Waals surface area (Å²) in [6.07, 6.45) is 20.1. The molecule has 2 N–H and O–H groups in total. The molecule has 0 aromatic carbocycles. The predicted molar refractivity (Wildman–Crippen MR) is 88.6 cm³/mol. The number of rotatable bonds is 15. The lowest BCUT2D eigenvalue weighted by atomic mass is 10.1. The number of hydrogen-bond acceptors (Lipinski definition) is 2. The molecule has 0 rings (SSSR count). The van der Waals surface area contributed by atoms with E-state index in [4.69, 9.17) is 11.0 Å². The molecule has 0 saturated carbocycles. The molecule has 0 aliphatic rings. The number of carbonyl (C=O) groups excluding carboxylic acids is 1. The second-order valence-corrected chi connectivity index (χ2v) is 5.71. The summed E-state index contributed by atoms with van der Waals surface area (Å²) in [6, 6.07) is 2.19. The number of amides is 1. The standard InChI is InChI=1S/C18H32N2O/c19-17-15-13-11-9-7-5-3-1-2-4-6-8-10-12-14-16-18(20)21/h1-2H,3-16H2,(H2,20,21)/b2-1-. The van der Waals surface area contributed by atoms with Gasteiger partial charge in [-0.3, -0.25) is 4.79 Å². The number of nitrogens with zero attached hydrogens (tertiary/aromatic N) is 1. The molecule has 21 heavy (non-hydrogen) atoms. The van der Waals surface area contributed by atoms with Crippen LogP contribution in [0.25, 0.3) is 0 Å². The number of nitrogens with two attached hydrogens (primary N) is 1. The highest BCUT2D eigenvalue weighted by molar-refractivity contribution is 5.73. The topological polar surface area (TPSA) is 66.9 Å². The Hall–Kier alpha value is -1.30. The normalized spacial score (nSPS) is 10.8. The van der Waals surface area contributed by atoms with Crippen molar-refractivity contribution in [2.45, 2.75) is 89.9 Å². The van der Waals surface area contributed by atoms with Crippen LogP contribution in [0.1, 0.15) is 89.9 Å². The van der Waals surface area contributed by atoms with E-state index in [9.17, 15) is 4.79 Å². The summed E-state index contributed by atoms with van der Waals surface area (Å²) in [7, 11) is 0. The Morgan fingerprint density at radius 1 is 0.810 bits per heavy atom. The Morgan fingerprint density at radius 3 is 1.81 bits per heavy atom. The third-order valence-electron chi connectivity index (χ3n) is 3.62. The Labute approximate surface area is 130 Å². The SMILES string of the molecule is N#CCCCCCCC/C=C\CCCCCCCC(N)=O. The maximum absolute atomic E-state index is 10.5. The first-order valence-electron chi connectivity index (χ1n) is 8.57. The summed E-state index contributed by atoms with van der Waals surface area (Å²) in [5.41, 5.74) is 5.09. The smallest absolute Gasteiger partial charge is 0.217 e. The van der Waals surface area contributed by atoms with E-state index < -0.39 is 0 Å². The van der Waals surface area contributed by atoms with Gasteiger partial charge in [-0.15, -0.1) is 0 Å². The zero-order chi connectivity index (χ0) is 15.6. The molecular weight excluding hydrogens is 260 g/mol. The lowest BCUT2D eigenvalue weighted by Crippen LogP contribution is -2.09. The minimum atomic E-state index is -0.178. The average molecular weight is 292 g/mol. The van der Waals surface area contributed by atoms with Crippen molar-refractivity contribution in [2.75, 3.05) is 0 Å². The van der Waals surface area contributed by atoms with Gasteiger partial charge >= 0.3 is 0 Å². The number of primary amides is 1. The van der Waals surface area contributed by atoms with Crippen molar-refractivity contribution in [3.63, 3.8) is 0 Å². The summed E-state index contributed by atoms with van der Waals surface area (Å²) < 4.78 is 0. The van der Waals surface area contributed by atoms with Crippen LogP contribution in [0.15, 0.2) is 12.2 Å². The van der Waals surface area contributed by atoms with Crippen molar-refractivity contribution in [2.24, 2.45) is 5.73 Å². The molecule has 0 unspecified atom stereocenters. The van der Waals surface area contributed by atoms with E-state index in [2.05, 4.69) is 18.2 Å². The van der Waals surface area contributed by atoms with E-state index in [1.807, 2.05) is 0 Å². The van der Waals surface area contributed by atoms with E-state index in [0.717, 1.165) is 19.3 Å². The highest BCUT2D eigenvalue weighted by atomic mass is 16.1. The summed E-state index contributed by atoms with van der Waals surface area (Å²) in [4.78, 5) is 10.5. The van der Waals surface area contributed by atoms with E-state index in [1.54, 1.807) is 0 Å². The fourth-order valence-electron chi connectivity index (χ4n) is 2.32. The maximum Gasteiger partial charge on any atom is 0.217 e. The first-order valence-corrected chi connectivity index (χ1v) is 8.57. The van der Waals surface area contributed by atoms with Gasteiger partial charge in [-0.2, -0.15) is 5.26 Å². The second-order valence-electron chi connectivity index (χ2n) is 5.71. The van der Waals surface area contributed by atoms with Gasteiger partial charge in [0, 0.05) is 12.8 Å². The molecule has 3 nitrogen and oxygen atoms in total. The number of carbonyl (C=O) groups is 1. The van der Waals surface area contributed by atoms with Gasteiger partial charge in [-0.25, -0.2) is 0 Å². The lowest BCUT2D eigenvalue weighted by molar-refractivity contribution is -0.118. The molecule has 0 atom stereocenters. The van der Waals surface area contributed by atoms with E-state index in [1.165, 1.54) is 57.8 Å². The van der Waals surface area contributed by atoms with E-state index in [-0.39, 0.29) is 5.91 Å². The summed E-state index contributed by atoms with van der Waals surface area (Å²) >= 11 is 0. The van der Waals surface area contributed by atoms with Gasteiger partial charge in [0.1, 0.15) is 0 Å². The van der Waals surface area contributed by atoms with E-state index >= 15 is 0 Å². The largest absolute Gasteiger partial charge is 0.370 e. The summed E-state index contributed by atoms with van der Waals surface area (Å²) in [5, 5.41) is 8.41. The molecule has 0 saturated heterocycles. The quantitative estimate of drug-likeness (QED) is 0.340. The highest BCUT2D eigenvalue weighted by Gasteiger charge is 1.94. The van der Waals surface area contributed by atoms with Crippen LogP contribution in [0.2, 0.25) is 0 Å². The Balaban J connectivity index is 3.09. The van der Waals surface area contributed by atoms with Crippen LogP contribution in [0.3, 0.4) is 0 Å².